The van der Waals surface area contributed by atoms with Gasteiger partial charge in [-0.15, -0.1) is 0 Å². The fourth-order valence-corrected chi connectivity index (χ4v) is 3.08. The second-order valence-corrected chi connectivity index (χ2v) is 6.93. The van der Waals surface area contributed by atoms with E-state index in [1.54, 1.807) is 30.3 Å². The number of carbonyl (C=O) groups is 4. The number of carbonyl (C=O) groups excluding carboxylic acids is 4. The van der Waals surface area contributed by atoms with Crippen molar-refractivity contribution in [2.45, 2.75) is 33.3 Å². The molecule has 1 N–H and O–H groups in total. The van der Waals surface area contributed by atoms with E-state index in [0.29, 0.717) is 16.8 Å². The number of esters is 1. The number of nitrogens with one attached hydrogen (secondary N) is 1. The molecule has 0 fully saturated rings. The SMILES string of the molecule is Cc1cccc(NC(=O)[C@@H](C)OC(=O)CCN2C(=O)c3ccccc3C2=O)c1C. The lowest BCUT2D eigenvalue weighted by Gasteiger charge is -2.17. The van der Waals surface area contributed by atoms with Gasteiger partial charge >= 0.3 is 5.97 Å². The predicted octanol–water partition coefficient (Wildman–Crippen LogP) is 2.86. The van der Waals surface area contributed by atoms with Crippen LogP contribution < -0.4 is 5.32 Å². The third-order valence-corrected chi connectivity index (χ3v) is 4.96. The van der Waals surface area contributed by atoms with Crippen molar-refractivity contribution in [3.05, 3.63) is 64.7 Å². The summed E-state index contributed by atoms with van der Waals surface area (Å²) in [5, 5.41) is 2.74. The fourth-order valence-electron chi connectivity index (χ4n) is 3.08. The average Bonchev–Trinajstić information content (AvgIpc) is 2.94. The molecule has 1 atom stereocenters. The molecule has 7 heteroatoms. The number of anilines is 1. The number of aryl methyl sites for hydroxylation is 1. The van der Waals surface area contributed by atoms with Crippen molar-refractivity contribution in [3.63, 3.8) is 0 Å². The minimum atomic E-state index is -1.01. The molecule has 0 saturated carbocycles. The summed E-state index contributed by atoms with van der Waals surface area (Å²) in [4.78, 5) is 50.1. The van der Waals surface area contributed by atoms with Crippen molar-refractivity contribution < 1.29 is 23.9 Å². The molecule has 0 aromatic heterocycles. The van der Waals surface area contributed by atoms with Crippen LogP contribution in [0.3, 0.4) is 0 Å². The Morgan fingerprint density at radius 3 is 2.24 bits per heavy atom. The smallest absolute Gasteiger partial charge is 0.308 e. The van der Waals surface area contributed by atoms with E-state index in [2.05, 4.69) is 5.32 Å². The highest BCUT2D eigenvalue weighted by Gasteiger charge is 2.35. The van der Waals surface area contributed by atoms with Crippen LogP contribution >= 0.6 is 0 Å². The van der Waals surface area contributed by atoms with Gasteiger partial charge in [0.1, 0.15) is 0 Å². The molecular formula is C22H22N2O5. The van der Waals surface area contributed by atoms with Gasteiger partial charge in [-0.1, -0.05) is 24.3 Å². The predicted molar refractivity (Wildman–Crippen MR) is 107 cm³/mol. The number of hydrogen-bond donors (Lipinski definition) is 1. The summed E-state index contributed by atoms with van der Waals surface area (Å²) in [5.41, 5.74) is 3.28. The van der Waals surface area contributed by atoms with E-state index in [9.17, 15) is 19.2 Å². The van der Waals surface area contributed by atoms with Crippen LogP contribution in [0.5, 0.6) is 0 Å². The summed E-state index contributed by atoms with van der Waals surface area (Å²) in [6.45, 7) is 5.20. The van der Waals surface area contributed by atoms with Gasteiger partial charge in [-0.25, -0.2) is 0 Å². The molecule has 0 aliphatic carbocycles. The second-order valence-electron chi connectivity index (χ2n) is 6.93. The highest BCUT2D eigenvalue weighted by atomic mass is 16.5. The molecule has 2 aromatic carbocycles. The number of imide groups is 1. The molecule has 3 amide bonds. The highest BCUT2D eigenvalue weighted by molar-refractivity contribution is 6.21. The van der Waals surface area contributed by atoms with Gasteiger partial charge in [-0.05, 0) is 50.1 Å². The van der Waals surface area contributed by atoms with Gasteiger partial charge in [-0.2, -0.15) is 0 Å². The van der Waals surface area contributed by atoms with Crippen molar-refractivity contribution in [2.24, 2.45) is 0 Å². The van der Waals surface area contributed by atoms with E-state index in [-0.39, 0.29) is 13.0 Å². The van der Waals surface area contributed by atoms with E-state index >= 15 is 0 Å². The maximum absolute atomic E-state index is 12.3. The van der Waals surface area contributed by atoms with Gasteiger partial charge in [-0.3, -0.25) is 24.1 Å². The van der Waals surface area contributed by atoms with E-state index in [1.807, 2.05) is 26.0 Å². The van der Waals surface area contributed by atoms with Crippen molar-refractivity contribution >= 4 is 29.4 Å². The van der Waals surface area contributed by atoms with Gasteiger partial charge in [0, 0.05) is 12.2 Å². The monoisotopic (exact) mass is 394 g/mol. The van der Waals surface area contributed by atoms with Gasteiger partial charge < -0.3 is 10.1 Å². The molecule has 7 nitrogen and oxygen atoms in total. The van der Waals surface area contributed by atoms with Crippen LogP contribution in [0, 0.1) is 13.8 Å². The lowest BCUT2D eigenvalue weighted by Crippen LogP contribution is -2.34. The van der Waals surface area contributed by atoms with Crippen LogP contribution in [0.1, 0.15) is 45.2 Å². The normalized spacial score (nSPS) is 13.8. The first-order valence-corrected chi connectivity index (χ1v) is 9.31. The Kier molecular flexibility index (Phi) is 5.77. The molecule has 29 heavy (non-hydrogen) atoms. The Morgan fingerprint density at radius 1 is 1.00 bits per heavy atom. The summed E-state index contributed by atoms with van der Waals surface area (Å²) in [6.07, 6.45) is -1.20. The summed E-state index contributed by atoms with van der Waals surface area (Å²) in [7, 11) is 0. The number of amides is 3. The molecule has 0 bridgehead atoms. The Labute approximate surface area is 168 Å². The fraction of sp³-hybridized carbons (Fsp3) is 0.273. The quantitative estimate of drug-likeness (QED) is 0.601. The molecule has 0 unspecified atom stereocenters. The lowest BCUT2D eigenvalue weighted by molar-refractivity contribution is -0.153. The summed E-state index contributed by atoms with van der Waals surface area (Å²) < 4.78 is 5.16. The maximum Gasteiger partial charge on any atom is 0.308 e. The number of ether oxygens (including phenoxy) is 1. The van der Waals surface area contributed by atoms with E-state index in [0.717, 1.165) is 16.0 Å². The molecule has 1 aliphatic heterocycles. The van der Waals surface area contributed by atoms with Crippen molar-refractivity contribution in [1.29, 1.82) is 0 Å². The van der Waals surface area contributed by atoms with E-state index < -0.39 is 29.8 Å². The van der Waals surface area contributed by atoms with Crippen molar-refractivity contribution in [1.82, 2.24) is 4.90 Å². The molecule has 0 spiro atoms. The van der Waals surface area contributed by atoms with Crippen molar-refractivity contribution in [3.8, 4) is 0 Å². The number of fused-ring (bicyclic) bond motifs is 1. The molecule has 3 rings (SSSR count). The third kappa shape index (κ3) is 4.18. The van der Waals surface area contributed by atoms with Crippen LogP contribution in [0.25, 0.3) is 0 Å². The Balaban J connectivity index is 1.53. The average molecular weight is 394 g/mol. The number of benzene rings is 2. The minimum absolute atomic E-state index is 0.101. The lowest BCUT2D eigenvalue weighted by atomic mass is 10.1. The molecule has 1 heterocycles. The summed E-state index contributed by atoms with van der Waals surface area (Å²) in [5.74, 6) is -1.98. The van der Waals surface area contributed by atoms with Gasteiger partial charge in [0.25, 0.3) is 17.7 Å². The second kappa shape index (κ2) is 8.26. The van der Waals surface area contributed by atoms with Crippen LogP contribution in [0.15, 0.2) is 42.5 Å². The first-order valence-electron chi connectivity index (χ1n) is 9.31. The van der Waals surface area contributed by atoms with E-state index in [1.165, 1.54) is 6.92 Å². The highest BCUT2D eigenvalue weighted by Crippen LogP contribution is 2.22. The molecule has 1 aliphatic rings. The Bertz CT molecular complexity index is 963. The zero-order valence-corrected chi connectivity index (χ0v) is 16.5. The topological polar surface area (TPSA) is 92.8 Å². The first kappa shape index (κ1) is 20.3. The Morgan fingerprint density at radius 2 is 1.62 bits per heavy atom. The van der Waals surface area contributed by atoms with Gasteiger partial charge in [0.05, 0.1) is 17.5 Å². The largest absolute Gasteiger partial charge is 0.452 e. The third-order valence-electron chi connectivity index (χ3n) is 4.96. The molecule has 0 radical (unpaired) electrons. The zero-order valence-electron chi connectivity index (χ0n) is 16.5. The van der Waals surface area contributed by atoms with E-state index in [4.69, 9.17) is 4.74 Å². The van der Waals surface area contributed by atoms with Gasteiger partial charge in [0.2, 0.25) is 0 Å². The minimum Gasteiger partial charge on any atom is -0.452 e. The standard InChI is InChI=1S/C22H22N2O5/c1-13-7-6-10-18(14(13)2)23-20(26)15(3)29-19(25)11-12-24-21(27)16-8-4-5-9-17(16)22(24)28/h4-10,15H,11-12H2,1-3H3,(H,23,26)/t15-/m1/s1. The van der Waals surface area contributed by atoms with Crippen LogP contribution in [-0.4, -0.2) is 41.2 Å². The number of nitrogens with zero attached hydrogens (tertiary/aromatic N) is 1. The van der Waals surface area contributed by atoms with Gasteiger partial charge in [0.15, 0.2) is 6.10 Å². The Hall–Kier alpha value is -3.48. The maximum atomic E-state index is 12.3. The number of rotatable bonds is 6. The molecule has 2 aromatic rings. The van der Waals surface area contributed by atoms with Crippen LogP contribution in [0.4, 0.5) is 5.69 Å². The van der Waals surface area contributed by atoms with Crippen LogP contribution in [0.2, 0.25) is 0 Å². The molecular weight excluding hydrogens is 372 g/mol. The van der Waals surface area contributed by atoms with Crippen LogP contribution in [-0.2, 0) is 14.3 Å². The zero-order chi connectivity index (χ0) is 21.1. The number of hydrogen-bond acceptors (Lipinski definition) is 5. The molecule has 0 saturated heterocycles. The summed E-state index contributed by atoms with van der Waals surface area (Å²) >= 11 is 0. The first-order chi connectivity index (χ1) is 13.8. The molecule has 150 valence electrons. The van der Waals surface area contributed by atoms with Crippen molar-refractivity contribution in [2.75, 3.05) is 11.9 Å². The summed E-state index contributed by atoms with van der Waals surface area (Å²) in [6, 6.07) is 12.1.